The van der Waals surface area contributed by atoms with Gasteiger partial charge in [-0.15, -0.1) is 0 Å². The molecule has 0 atom stereocenters. The zero-order chi connectivity index (χ0) is 8.27. The Morgan fingerprint density at radius 2 is 1.73 bits per heavy atom. The zero-order valence-electron chi connectivity index (χ0n) is 7.58. The summed E-state index contributed by atoms with van der Waals surface area (Å²) in [6.07, 6.45) is 5.03. The topological polar surface area (TPSA) is 15.6 Å². The normalized spacial score (nSPS) is 32.3. The van der Waals surface area contributed by atoms with Crippen LogP contribution in [0.15, 0.2) is 4.99 Å². The van der Waals surface area contributed by atoms with Gasteiger partial charge in [-0.1, -0.05) is 0 Å². The summed E-state index contributed by atoms with van der Waals surface area (Å²) in [5, 5.41) is 0. The van der Waals surface area contributed by atoms with Crippen molar-refractivity contribution in [3.8, 4) is 0 Å². The van der Waals surface area contributed by atoms with Gasteiger partial charge in [0.1, 0.15) is 0 Å². The molecule has 1 rings (SSSR count). The molecular weight excluding hydrogens is 136 g/mol. The second-order valence-electron chi connectivity index (χ2n) is 3.61. The van der Waals surface area contributed by atoms with Crippen molar-refractivity contribution in [1.29, 1.82) is 0 Å². The highest BCUT2D eigenvalue weighted by Gasteiger charge is 2.20. The Morgan fingerprint density at radius 3 is 2.09 bits per heavy atom. The number of aliphatic imine (C=N–C) groups is 1. The molecular formula is C9H18N2. The van der Waals surface area contributed by atoms with E-state index in [1.165, 1.54) is 25.7 Å². The van der Waals surface area contributed by atoms with Crippen molar-refractivity contribution in [1.82, 2.24) is 4.90 Å². The van der Waals surface area contributed by atoms with Crippen LogP contribution in [0.2, 0.25) is 0 Å². The lowest BCUT2D eigenvalue weighted by Gasteiger charge is -2.30. The van der Waals surface area contributed by atoms with Crippen LogP contribution in [0.1, 0.15) is 25.7 Å². The summed E-state index contributed by atoms with van der Waals surface area (Å²) in [5.41, 5.74) is 0. The Hall–Kier alpha value is -0.370. The third-order valence-electron chi connectivity index (χ3n) is 2.65. The van der Waals surface area contributed by atoms with Gasteiger partial charge >= 0.3 is 0 Å². The SMILES string of the molecule is C=NC1CCC(N(C)C)CC1. The maximum atomic E-state index is 4.07. The first-order chi connectivity index (χ1) is 5.24. The molecule has 1 aliphatic rings. The van der Waals surface area contributed by atoms with E-state index >= 15 is 0 Å². The summed E-state index contributed by atoms with van der Waals surface area (Å²) in [6, 6.07) is 1.33. The molecule has 0 aliphatic heterocycles. The largest absolute Gasteiger partial charge is 0.306 e. The number of hydrogen-bond acceptors (Lipinski definition) is 2. The van der Waals surface area contributed by atoms with Crippen LogP contribution in [0.3, 0.4) is 0 Å². The molecule has 1 saturated carbocycles. The van der Waals surface area contributed by atoms with Crippen molar-refractivity contribution in [3.05, 3.63) is 0 Å². The van der Waals surface area contributed by atoms with Crippen molar-refractivity contribution in [2.45, 2.75) is 37.8 Å². The highest BCUT2D eigenvalue weighted by molar-refractivity contribution is 5.24. The van der Waals surface area contributed by atoms with Crippen LogP contribution in [0.25, 0.3) is 0 Å². The van der Waals surface area contributed by atoms with Gasteiger partial charge in [-0.3, -0.25) is 4.99 Å². The predicted octanol–water partition coefficient (Wildman–Crippen LogP) is 1.56. The Balaban J connectivity index is 2.29. The first-order valence-electron chi connectivity index (χ1n) is 4.36. The van der Waals surface area contributed by atoms with Gasteiger partial charge in [0.2, 0.25) is 0 Å². The van der Waals surface area contributed by atoms with E-state index in [4.69, 9.17) is 0 Å². The quantitative estimate of drug-likeness (QED) is 0.551. The first-order valence-corrected chi connectivity index (χ1v) is 4.36. The Bertz CT molecular complexity index is 124. The fraction of sp³-hybridized carbons (Fsp3) is 0.889. The lowest BCUT2D eigenvalue weighted by atomic mass is 9.91. The summed E-state index contributed by atoms with van der Waals surface area (Å²) in [6.45, 7) is 3.59. The average molecular weight is 154 g/mol. The summed E-state index contributed by atoms with van der Waals surface area (Å²) >= 11 is 0. The van der Waals surface area contributed by atoms with Crippen LogP contribution in [0.4, 0.5) is 0 Å². The van der Waals surface area contributed by atoms with Crippen LogP contribution in [0.5, 0.6) is 0 Å². The number of hydrogen-bond donors (Lipinski definition) is 0. The highest BCUT2D eigenvalue weighted by atomic mass is 15.1. The minimum absolute atomic E-state index is 0.547. The van der Waals surface area contributed by atoms with E-state index in [1.54, 1.807) is 0 Å². The molecule has 0 heterocycles. The number of nitrogens with zero attached hydrogens (tertiary/aromatic N) is 2. The van der Waals surface area contributed by atoms with E-state index in [9.17, 15) is 0 Å². The molecule has 2 heteroatoms. The average Bonchev–Trinajstić information content (AvgIpc) is 2.05. The minimum atomic E-state index is 0.547. The fourth-order valence-electron chi connectivity index (χ4n) is 1.76. The zero-order valence-corrected chi connectivity index (χ0v) is 7.58. The molecule has 0 bridgehead atoms. The molecule has 11 heavy (non-hydrogen) atoms. The molecule has 0 spiro atoms. The van der Waals surface area contributed by atoms with Gasteiger partial charge in [0.05, 0.1) is 0 Å². The second-order valence-corrected chi connectivity index (χ2v) is 3.61. The van der Waals surface area contributed by atoms with E-state index in [2.05, 4.69) is 30.7 Å². The predicted molar refractivity (Wildman–Crippen MR) is 49.3 cm³/mol. The van der Waals surface area contributed by atoms with Crippen molar-refractivity contribution in [2.24, 2.45) is 4.99 Å². The Kier molecular flexibility index (Phi) is 3.06. The van der Waals surface area contributed by atoms with Gasteiger partial charge in [-0.05, 0) is 46.5 Å². The standard InChI is InChI=1S/C9H18N2/c1-10-8-4-6-9(7-5-8)11(2)3/h8-9H,1,4-7H2,2-3H3. The molecule has 0 aromatic heterocycles. The molecule has 1 aliphatic carbocycles. The molecule has 0 unspecified atom stereocenters. The third kappa shape index (κ3) is 2.29. The van der Waals surface area contributed by atoms with Crippen molar-refractivity contribution in [2.75, 3.05) is 14.1 Å². The molecule has 0 saturated heterocycles. The van der Waals surface area contributed by atoms with Crippen LogP contribution in [-0.2, 0) is 0 Å². The van der Waals surface area contributed by atoms with Gasteiger partial charge in [-0.2, -0.15) is 0 Å². The van der Waals surface area contributed by atoms with Crippen LogP contribution in [-0.4, -0.2) is 37.8 Å². The van der Waals surface area contributed by atoms with Gasteiger partial charge in [0, 0.05) is 12.1 Å². The van der Waals surface area contributed by atoms with E-state index < -0.39 is 0 Å². The number of rotatable bonds is 2. The smallest absolute Gasteiger partial charge is 0.0493 e. The molecule has 1 fully saturated rings. The minimum Gasteiger partial charge on any atom is -0.306 e. The summed E-state index contributed by atoms with van der Waals surface area (Å²) in [5.74, 6) is 0. The molecule has 0 aromatic carbocycles. The van der Waals surface area contributed by atoms with E-state index in [1.807, 2.05) is 0 Å². The van der Waals surface area contributed by atoms with Crippen LogP contribution >= 0.6 is 0 Å². The van der Waals surface area contributed by atoms with Gasteiger partial charge in [-0.25, -0.2) is 0 Å². The summed E-state index contributed by atoms with van der Waals surface area (Å²) in [7, 11) is 4.32. The maximum absolute atomic E-state index is 4.07. The lowest BCUT2D eigenvalue weighted by Crippen LogP contribution is -2.33. The van der Waals surface area contributed by atoms with Crippen molar-refractivity contribution < 1.29 is 0 Å². The van der Waals surface area contributed by atoms with E-state index in [-0.39, 0.29) is 0 Å². The van der Waals surface area contributed by atoms with Crippen molar-refractivity contribution in [3.63, 3.8) is 0 Å². The van der Waals surface area contributed by atoms with Crippen LogP contribution in [0, 0.1) is 0 Å². The molecule has 0 radical (unpaired) electrons. The summed E-state index contributed by atoms with van der Waals surface area (Å²) < 4.78 is 0. The van der Waals surface area contributed by atoms with Gasteiger partial charge in [0.15, 0.2) is 0 Å². The Labute approximate surface area is 69.3 Å². The maximum Gasteiger partial charge on any atom is 0.0493 e. The highest BCUT2D eigenvalue weighted by Crippen LogP contribution is 2.23. The molecule has 0 aromatic rings. The molecule has 2 nitrogen and oxygen atoms in total. The third-order valence-corrected chi connectivity index (χ3v) is 2.65. The van der Waals surface area contributed by atoms with E-state index in [0.717, 1.165) is 6.04 Å². The van der Waals surface area contributed by atoms with Crippen molar-refractivity contribution >= 4 is 6.72 Å². The monoisotopic (exact) mass is 154 g/mol. The van der Waals surface area contributed by atoms with E-state index in [0.29, 0.717) is 6.04 Å². The fourth-order valence-corrected chi connectivity index (χ4v) is 1.76. The van der Waals surface area contributed by atoms with Crippen LogP contribution < -0.4 is 0 Å². The lowest BCUT2D eigenvalue weighted by molar-refractivity contribution is 0.218. The first kappa shape index (κ1) is 8.72. The second kappa shape index (κ2) is 3.86. The summed E-state index contributed by atoms with van der Waals surface area (Å²) in [4.78, 5) is 6.39. The molecule has 0 amide bonds. The Morgan fingerprint density at radius 1 is 1.18 bits per heavy atom. The molecule has 0 N–H and O–H groups in total. The van der Waals surface area contributed by atoms with Gasteiger partial charge in [0.25, 0.3) is 0 Å². The van der Waals surface area contributed by atoms with Gasteiger partial charge < -0.3 is 4.90 Å². The molecule has 64 valence electrons.